The van der Waals surface area contributed by atoms with Crippen LogP contribution in [0.4, 0.5) is 0 Å². The van der Waals surface area contributed by atoms with E-state index in [2.05, 4.69) is 0 Å². The summed E-state index contributed by atoms with van der Waals surface area (Å²) in [6, 6.07) is 7.72. The largest absolute Gasteiger partial charge is 0.481 e. The summed E-state index contributed by atoms with van der Waals surface area (Å²) in [5.74, 6) is -9.45. The average Bonchev–Trinajstić information content (AvgIpc) is 2.96. The Kier molecular flexibility index (Phi) is 9.55. The maximum atomic E-state index is 11.6. The minimum atomic E-state index is -1.37. The monoisotopic (exact) mass is 644 g/mol. The molecule has 4 aliphatic carbocycles. The molecule has 0 aromatic heterocycles. The minimum absolute atomic E-state index is 0.0796. The number of carboxylic acid groups (broad SMARTS) is 8. The fraction of sp³-hybridized carbons (Fsp3) is 0.333. The quantitative estimate of drug-likeness (QED) is 0.205. The topological polar surface area (TPSA) is 298 Å². The van der Waals surface area contributed by atoms with Crippen LogP contribution in [0.1, 0.15) is 90.3 Å². The molecule has 0 spiro atoms. The number of hydrogen-bond donors (Lipinski definition) is 8. The van der Waals surface area contributed by atoms with E-state index in [1.807, 2.05) is 0 Å². The molecule has 6 rings (SSSR count). The van der Waals surface area contributed by atoms with E-state index in [0.29, 0.717) is 19.3 Å². The molecule has 4 fully saturated rings. The molecule has 2 aromatic carbocycles. The van der Waals surface area contributed by atoms with Gasteiger partial charge in [-0.05, 0) is 86.9 Å². The first-order valence-corrected chi connectivity index (χ1v) is 13.4. The van der Waals surface area contributed by atoms with E-state index in [1.165, 1.54) is 24.3 Å². The summed E-state index contributed by atoms with van der Waals surface area (Å²) in [5, 5.41) is 71.2. The molecule has 8 N–H and O–H groups in total. The second-order valence-electron chi connectivity index (χ2n) is 11.7. The molecule has 16 nitrogen and oxygen atoms in total. The van der Waals surface area contributed by atoms with Crippen molar-refractivity contribution < 1.29 is 79.2 Å². The van der Waals surface area contributed by atoms with Gasteiger partial charge >= 0.3 is 47.8 Å². The summed E-state index contributed by atoms with van der Waals surface area (Å²) in [7, 11) is 0. The summed E-state index contributed by atoms with van der Waals surface area (Å²) >= 11 is 0. The normalized spacial score (nSPS) is 25.0. The molecular formula is C30H28O16. The van der Waals surface area contributed by atoms with Crippen LogP contribution in [-0.4, -0.2) is 88.6 Å². The van der Waals surface area contributed by atoms with Crippen LogP contribution in [0, 0.1) is 22.2 Å². The van der Waals surface area contributed by atoms with Gasteiger partial charge in [0.1, 0.15) is 0 Å². The Morgan fingerprint density at radius 1 is 0.413 bits per heavy atom. The van der Waals surface area contributed by atoms with E-state index in [0.717, 1.165) is 18.2 Å². The Bertz CT molecular complexity index is 1450. The third kappa shape index (κ3) is 6.95. The fourth-order valence-electron chi connectivity index (χ4n) is 6.91. The number of aromatic carboxylic acids is 5. The number of carbonyl (C=O) groups is 8. The fourth-order valence-corrected chi connectivity index (χ4v) is 6.91. The van der Waals surface area contributed by atoms with Crippen LogP contribution in [0.2, 0.25) is 0 Å². The first-order chi connectivity index (χ1) is 21.3. The Hall–Kier alpha value is -5.80. The van der Waals surface area contributed by atoms with Crippen molar-refractivity contribution in [1.29, 1.82) is 0 Å². The molecule has 0 aliphatic heterocycles. The molecule has 0 radical (unpaired) electrons. The van der Waals surface area contributed by atoms with Crippen LogP contribution in [0.3, 0.4) is 0 Å². The van der Waals surface area contributed by atoms with Crippen LogP contribution >= 0.6 is 0 Å². The molecule has 4 saturated carbocycles. The van der Waals surface area contributed by atoms with E-state index < -0.39 is 64.0 Å². The van der Waals surface area contributed by atoms with E-state index >= 15 is 0 Å². The van der Waals surface area contributed by atoms with E-state index in [1.54, 1.807) is 0 Å². The average molecular weight is 645 g/mol. The van der Waals surface area contributed by atoms with Gasteiger partial charge in [-0.1, -0.05) is 0 Å². The number of hydrogen-bond acceptors (Lipinski definition) is 8. The number of carboxylic acids is 8. The third-order valence-corrected chi connectivity index (χ3v) is 8.48. The highest BCUT2D eigenvalue weighted by atomic mass is 16.4. The van der Waals surface area contributed by atoms with Crippen molar-refractivity contribution in [2.75, 3.05) is 0 Å². The van der Waals surface area contributed by atoms with Crippen molar-refractivity contribution in [3.8, 4) is 0 Å². The van der Waals surface area contributed by atoms with Gasteiger partial charge in [0.25, 0.3) is 0 Å². The molecule has 2 aromatic rings. The van der Waals surface area contributed by atoms with E-state index in [4.69, 9.17) is 25.5 Å². The van der Waals surface area contributed by atoms with Crippen LogP contribution < -0.4 is 0 Å². The van der Waals surface area contributed by atoms with Gasteiger partial charge in [-0.3, -0.25) is 14.4 Å². The lowest BCUT2D eigenvalue weighted by Gasteiger charge is -2.62. The lowest BCUT2D eigenvalue weighted by molar-refractivity contribution is -0.208. The summed E-state index contributed by atoms with van der Waals surface area (Å²) in [4.78, 5) is 87.2. The lowest BCUT2D eigenvalue weighted by Crippen LogP contribution is -2.63. The second-order valence-corrected chi connectivity index (χ2v) is 11.7. The molecule has 0 saturated heterocycles. The van der Waals surface area contributed by atoms with Crippen molar-refractivity contribution in [1.82, 2.24) is 0 Å². The van der Waals surface area contributed by atoms with Gasteiger partial charge in [0.15, 0.2) is 0 Å². The molecule has 4 aliphatic rings. The van der Waals surface area contributed by atoms with E-state index in [-0.39, 0.29) is 53.0 Å². The Morgan fingerprint density at radius 3 is 0.804 bits per heavy atom. The molecule has 0 heterocycles. The molecule has 244 valence electrons. The standard InChI is InChI=1S/C13H16O6.C9H6O6.C8H6O4/c14-8(15)11-1-7-2-12(4-11,9(16)17)6-13(3-7,5-11)10(18)19;10-7(11)4-1-5(8(12)13)3-6(2-4)9(14)15;9-7(10)5-1-2-6(4-3-5)8(11)12/h7H,1-6H2,(H,14,15)(H,16,17)(H,18,19);1-3H,(H,10,11)(H,12,13)(H,14,15);1-4H,(H,9,10)(H,11,12). The molecule has 4 bridgehead atoms. The van der Waals surface area contributed by atoms with Crippen molar-refractivity contribution in [2.24, 2.45) is 22.2 Å². The highest BCUT2D eigenvalue weighted by Crippen LogP contribution is 2.70. The van der Waals surface area contributed by atoms with Gasteiger partial charge < -0.3 is 40.9 Å². The maximum absolute atomic E-state index is 11.6. The zero-order valence-electron chi connectivity index (χ0n) is 23.7. The number of aliphatic carboxylic acids is 3. The van der Waals surface area contributed by atoms with Gasteiger partial charge in [-0.25, -0.2) is 24.0 Å². The molecular weight excluding hydrogens is 616 g/mol. The Labute approximate surface area is 258 Å². The molecule has 0 unspecified atom stereocenters. The van der Waals surface area contributed by atoms with Gasteiger partial charge in [0.2, 0.25) is 0 Å². The van der Waals surface area contributed by atoms with Crippen molar-refractivity contribution in [3.05, 3.63) is 70.3 Å². The Morgan fingerprint density at radius 2 is 0.630 bits per heavy atom. The zero-order valence-corrected chi connectivity index (χ0v) is 23.7. The molecule has 0 amide bonds. The van der Waals surface area contributed by atoms with Gasteiger partial charge in [-0.15, -0.1) is 0 Å². The Balaban J connectivity index is 0.000000194. The highest BCUT2D eigenvalue weighted by molar-refractivity contribution is 5.99. The van der Waals surface area contributed by atoms with E-state index in [9.17, 15) is 53.7 Å². The third-order valence-electron chi connectivity index (χ3n) is 8.48. The maximum Gasteiger partial charge on any atom is 0.335 e. The minimum Gasteiger partial charge on any atom is -0.481 e. The van der Waals surface area contributed by atoms with Crippen LogP contribution in [0.15, 0.2) is 42.5 Å². The number of benzene rings is 2. The van der Waals surface area contributed by atoms with Crippen molar-refractivity contribution in [3.63, 3.8) is 0 Å². The smallest absolute Gasteiger partial charge is 0.335 e. The van der Waals surface area contributed by atoms with Crippen molar-refractivity contribution in [2.45, 2.75) is 38.5 Å². The summed E-state index contributed by atoms with van der Waals surface area (Å²) in [6.45, 7) is 0. The molecule has 46 heavy (non-hydrogen) atoms. The van der Waals surface area contributed by atoms with Crippen LogP contribution in [-0.2, 0) is 14.4 Å². The molecule has 16 heteroatoms. The van der Waals surface area contributed by atoms with Gasteiger partial charge in [0.05, 0.1) is 44.1 Å². The SMILES string of the molecule is O=C(O)C12CC3CC(C(=O)O)(C1)CC(C(=O)O)(C3)C2.O=C(O)c1cc(C(=O)O)cc(C(=O)O)c1.O=C(O)c1ccc(C(=O)O)cc1. The predicted octanol–water partition coefficient (Wildman–Crippen LogP) is 3.06. The second kappa shape index (κ2) is 12.7. The van der Waals surface area contributed by atoms with Gasteiger partial charge in [0, 0.05) is 0 Å². The first-order valence-electron chi connectivity index (χ1n) is 13.4. The summed E-state index contributed by atoms with van der Waals surface area (Å²) in [6.07, 6.45) is 1.51. The zero-order chi connectivity index (χ0) is 34.8. The first kappa shape index (κ1) is 34.7. The molecule has 0 atom stereocenters. The van der Waals surface area contributed by atoms with Crippen molar-refractivity contribution >= 4 is 47.8 Å². The predicted molar refractivity (Wildman–Crippen MR) is 149 cm³/mol. The van der Waals surface area contributed by atoms with Gasteiger partial charge in [-0.2, -0.15) is 0 Å². The highest BCUT2D eigenvalue weighted by Gasteiger charge is 2.70. The lowest BCUT2D eigenvalue weighted by atomic mass is 9.39. The number of rotatable bonds is 8. The summed E-state index contributed by atoms with van der Waals surface area (Å²) in [5.41, 5.74) is -4.41. The van der Waals surface area contributed by atoms with Crippen LogP contribution in [0.5, 0.6) is 0 Å². The van der Waals surface area contributed by atoms with Crippen LogP contribution in [0.25, 0.3) is 0 Å². The summed E-state index contributed by atoms with van der Waals surface area (Å²) < 4.78 is 0.